The predicted octanol–water partition coefficient (Wildman–Crippen LogP) is 24.3. The lowest BCUT2D eigenvalue weighted by Crippen LogP contribution is -2.30. The van der Waals surface area contributed by atoms with Gasteiger partial charge in [0.15, 0.2) is 6.10 Å². The van der Waals surface area contributed by atoms with Gasteiger partial charge in [-0.2, -0.15) is 0 Å². The van der Waals surface area contributed by atoms with Crippen molar-refractivity contribution in [3.8, 4) is 0 Å². The van der Waals surface area contributed by atoms with Crippen molar-refractivity contribution in [1.82, 2.24) is 0 Å². The van der Waals surface area contributed by atoms with Gasteiger partial charge in [-0.05, 0) is 89.9 Å². The first-order chi connectivity index (χ1) is 39.5. The molecule has 1 unspecified atom stereocenters. The van der Waals surface area contributed by atoms with E-state index < -0.39 is 6.10 Å². The van der Waals surface area contributed by atoms with E-state index in [4.69, 9.17) is 14.2 Å². The van der Waals surface area contributed by atoms with Crippen molar-refractivity contribution in [2.75, 3.05) is 13.2 Å². The summed E-state index contributed by atoms with van der Waals surface area (Å²) in [5.41, 5.74) is 0. The van der Waals surface area contributed by atoms with Crippen LogP contribution in [0.5, 0.6) is 0 Å². The maximum Gasteiger partial charge on any atom is 0.306 e. The van der Waals surface area contributed by atoms with Gasteiger partial charge < -0.3 is 14.2 Å². The Labute approximate surface area is 498 Å². The standard InChI is InChI=1S/C74H134O6/c1-4-7-10-13-16-19-22-25-27-29-31-32-33-34-35-36-37-38-39-40-41-42-43-45-46-49-52-55-58-61-64-67-73(76)79-70-71(69-78-72(75)66-63-60-57-54-51-48-24-21-18-15-12-9-6-3)80-74(77)68-65-62-59-56-53-50-47-44-30-28-26-23-20-17-14-11-8-5-2/h20,22-23,25,28-31,33-34,71H,4-19,21,24,26-27,32,35-70H2,1-3H3/b23-20-,25-22-,30-28-,31-29-,34-33-. The van der Waals surface area contributed by atoms with Crippen molar-refractivity contribution in [3.05, 3.63) is 60.8 Å². The molecule has 80 heavy (non-hydrogen) atoms. The molecule has 0 aromatic carbocycles. The normalized spacial score (nSPS) is 12.4. The first-order valence-electron chi connectivity index (χ1n) is 35.3. The SMILES string of the molecule is CCCCCC/C=C\C/C=C\CCCCCCCCCC(=O)OC(COC(=O)CCCCCCCCCCCCCCC)COC(=O)CCCCCCCCCCCCCCCCCC/C=C\C/C=C\C/C=C\CCCCCCC. The van der Waals surface area contributed by atoms with E-state index in [1.807, 2.05) is 0 Å². The van der Waals surface area contributed by atoms with Crippen molar-refractivity contribution in [2.45, 2.75) is 380 Å². The van der Waals surface area contributed by atoms with Gasteiger partial charge in [0.1, 0.15) is 13.2 Å². The Balaban J connectivity index is 4.19. The van der Waals surface area contributed by atoms with Gasteiger partial charge in [0.2, 0.25) is 0 Å². The van der Waals surface area contributed by atoms with E-state index >= 15 is 0 Å². The van der Waals surface area contributed by atoms with Crippen LogP contribution in [-0.4, -0.2) is 37.2 Å². The third kappa shape index (κ3) is 65.9. The van der Waals surface area contributed by atoms with Crippen LogP contribution in [-0.2, 0) is 28.6 Å². The number of hydrogen-bond donors (Lipinski definition) is 0. The summed E-state index contributed by atoms with van der Waals surface area (Å²) in [6.07, 6.45) is 88.2. The van der Waals surface area contributed by atoms with Gasteiger partial charge in [-0.3, -0.25) is 14.4 Å². The van der Waals surface area contributed by atoms with Gasteiger partial charge >= 0.3 is 17.9 Å². The van der Waals surface area contributed by atoms with Crippen LogP contribution < -0.4 is 0 Å². The molecule has 0 radical (unpaired) electrons. The lowest BCUT2D eigenvalue weighted by atomic mass is 10.0. The van der Waals surface area contributed by atoms with Crippen LogP contribution in [0.4, 0.5) is 0 Å². The Bertz CT molecular complexity index is 1430. The van der Waals surface area contributed by atoms with Gasteiger partial charge in [0.25, 0.3) is 0 Å². The number of unbranched alkanes of at least 4 members (excludes halogenated alkanes) is 44. The molecule has 0 saturated heterocycles. The fourth-order valence-electron chi connectivity index (χ4n) is 10.4. The van der Waals surface area contributed by atoms with Crippen LogP contribution in [0.1, 0.15) is 374 Å². The number of esters is 3. The van der Waals surface area contributed by atoms with Crippen LogP contribution in [0, 0.1) is 0 Å². The van der Waals surface area contributed by atoms with Gasteiger partial charge in [0.05, 0.1) is 0 Å². The van der Waals surface area contributed by atoms with Gasteiger partial charge in [0, 0.05) is 19.3 Å². The van der Waals surface area contributed by atoms with Crippen LogP contribution in [0.2, 0.25) is 0 Å². The molecular formula is C74H134O6. The Kier molecular flexibility index (Phi) is 66.1. The van der Waals surface area contributed by atoms with Gasteiger partial charge in [-0.1, -0.05) is 326 Å². The van der Waals surface area contributed by atoms with Crippen molar-refractivity contribution in [2.24, 2.45) is 0 Å². The highest BCUT2D eigenvalue weighted by molar-refractivity contribution is 5.71. The summed E-state index contributed by atoms with van der Waals surface area (Å²) in [4.78, 5) is 38.4. The molecule has 0 bridgehead atoms. The molecule has 0 saturated carbocycles. The third-order valence-corrected chi connectivity index (χ3v) is 15.7. The summed E-state index contributed by atoms with van der Waals surface area (Å²) >= 11 is 0. The number of rotatable bonds is 65. The van der Waals surface area contributed by atoms with Crippen molar-refractivity contribution < 1.29 is 28.6 Å². The summed E-state index contributed by atoms with van der Waals surface area (Å²) in [6, 6.07) is 0. The second kappa shape index (κ2) is 68.6. The first-order valence-corrected chi connectivity index (χ1v) is 35.3. The van der Waals surface area contributed by atoms with E-state index in [0.717, 1.165) is 83.5 Å². The van der Waals surface area contributed by atoms with Crippen LogP contribution in [0.25, 0.3) is 0 Å². The van der Waals surface area contributed by atoms with Crippen LogP contribution in [0.15, 0.2) is 60.8 Å². The number of ether oxygens (including phenoxy) is 3. The molecule has 0 aromatic heterocycles. The second-order valence-corrected chi connectivity index (χ2v) is 23.8. The smallest absolute Gasteiger partial charge is 0.306 e. The zero-order valence-corrected chi connectivity index (χ0v) is 53.6. The highest BCUT2D eigenvalue weighted by atomic mass is 16.6. The molecule has 0 amide bonds. The molecular weight excluding hydrogens is 985 g/mol. The molecule has 0 rings (SSSR count). The van der Waals surface area contributed by atoms with Gasteiger partial charge in [-0.15, -0.1) is 0 Å². The van der Waals surface area contributed by atoms with E-state index in [0.29, 0.717) is 19.3 Å². The second-order valence-electron chi connectivity index (χ2n) is 23.8. The van der Waals surface area contributed by atoms with E-state index in [1.165, 1.54) is 250 Å². The summed E-state index contributed by atoms with van der Waals surface area (Å²) in [5, 5.41) is 0. The van der Waals surface area contributed by atoms with Crippen molar-refractivity contribution in [3.63, 3.8) is 0 Å². The monoisotopic (exact) mass is 1120 g/mol. The third-order valence-electron chi connectivity index (χ3n) is 15.7. The molecule has 0 aliphatic carbocycles. The van der Waals surface area contributed by atoms with Crippen molar-refractivity contribution in [1.29, 1.82) is 0 Å². The fourth-order valence-corrected chi connectivity index (χ4v) is 10.4. The van der Waals surface area contributed by atoms with E-state index in [9.17, 15) is 14.4 Å². The Morgan fingerprint density at radius 1 is 0.250 bits per heavy atom. The summed E-state index contributed by atoms with van der Waals surface area (Å²) in [6.45, 7) is 6.66. The number of carbonyl (C=O) groups is 3. The average molecular weight is 1120 g/mol. The van der Waals surface area contributed by atoms with E-state index in [-0.39, 0.29) is 31.1 Å². The quantitative estimate of drug-likeness (QED) is 0.0261. The van der Waals surface area contributed by atoms with Gasteiger partial charge in [-0.25, -0.2) is 0 Å². The molecule has 0 spiro atoms. The molecule has 0 aliphatic heterocycles. The number of carbonyl (C=O) groups excluding carboxylic acids is 3. The molecule has 0 aromatic rings. The Morgan fingerprint density at radius 3 is 0.713 bits per heavy atom. The number of allylic oxidation sites excluding steroid dienone is 10. The highest BCUT2D eigenvalue weighted by Crippen LogP contribution is 2.18. The minimum Gasteiger partial charge on any atom is -0.462 e. The maximum atomic E-state index is 12.9. The molecule has 0 N–H and O–H groups in total. The van der Waals surface area contributed by atoms with Crippen molar-refractivity contribution >= 4 is 17.9 Å². The first kappa shape index (κ1) is 77.1. The molecule has 0 aliphatic rings. The minimum absolute atomic E-state index is 0.0726. The largest absolute Gasteiger partial charge is 0.462 e. The number of hydrogen-bond acceptors (Lipinski definition) is 6. The topological polar surface area (TPSA) is 78.9 Å². The molecule has 0 heterocycles. The lowest BCUT2D eigenvalue weighted by molar-refractivity contribution is -0.167. The van der Waals surface area contributed by atoms with E-state index in [2.05, 4.69) is 81.5 Å². The average Bonchev–Trinajstić information content (AvgIpc) is 3.46. The molecule has 466 valence electrons. The highest BCUT2D eigenvalue weighted by Gasteiger charge is 2.19. The van der Waals surface area contributed by atoms with Crippen LogP contribution >= 0.6 is 0 Å². The predicted molar refractivity (Wildman–Crippen MR) is 348 cm³/mol. The summed E-state index contributed by atoms with van der Waals surface area (Å²) < 4.78 is 17.0. The molecule has 6 heteroatoms. The Morgan fingerprint density at radius 2 is 0.450 bits per heavy atom. The molecule has 6 nitrogen and oxygen atoms in total. The molecule has 1 atom stereocenters. The van der Waals surface area contributed by atoms with E-state index in [1.54, 1.807) is 0 Å². The zero-order valence-electron chi connectivity index (χ0n) is 53.6. The summed E-state index contributed by atoms with van der Waals surface area (Å²) in [5.74, 6) is -0.858. The zero-order chi connectivity index (χ0) is 57.8. The Hall–Kier alpha value is -2.89. The summed E-state index contributed by atoms with van der Waals surface area (Å²) in [7, 11) is 0. The van der Waals surface area contributed by atoms with Crippen LogP contribution in [0.3, 0.4) is 0 Å². The molecule has 0 fully saturated rings. The maximum absolute atomic E-state index is 12.9. The minimum atomic E-state index is -0.777. The fraction of sp³-hybridized carbons (Fsp3) is 0.824. The lowest BCUT2D eigenvalue weighted by Gasteiger charge is -2.18.